The van der Waals surface area contributed by atoms with Crippen LogP contribution in [0.5, 0.6) is 5.75 Å². The van der Waals surface area contributed by atoms with Crippen LogP contribution in [0.2, 0.25) is 0 Å². The molecule has 0 radical (unpaired) electrons. The summed E-state index contributed by atoms with van der Waals surface area (Å²) in [7, 11) is 0. The molecule has 1 aromatic carbocycles. The maximum atomic E-state index is 13.6. The first-order chi connectivity index (χ1) is 9.65. The number of rotatable bonds is 3. The van der Waals surface area contributed by atoms with Gasteiger partial charge in [-0.2, -0.15) is 14.6 Å². The Morgan fingerprint density at radius 2 is 2.05 bits per heavy atom. The Labute approximate surface area is 112 Å². The molecule has 0 N–H and O–H groups in total. The van der Waals surface area contributed by atoms with Crippen LogP contribution in [0, 0.1) is 11.6 Å². The number of halogens is 2. The van der Waals surface area contributed by atoms with Gasteiger partial charge in [0, 0.05) is 12.3 Å². The van der Waals surface area contributed by atoms with E-state index in [0.29, 0.717) is 11.5 Å². The van der Waals surface area contributed by atoms with Crippen molar-refractivity contribution in [2.24, 2.45) is 0 Å². The third-order valence-corrected chi connectivity index (χ3v) is 2.82. The Hall–Kier alpha value is -2.57. The number of hydrogen-bond donors (Lipinski definition) is 0. The van der Waals surface area contributed by atoms with Gasteiger partial charge in [0.2, 0.25) is 0 Å². The van der Waals surface area contributed by atoms with Crippen LogP contribution in [-0.4, -0.2) is 19.6 Å². The van der Waals surface area contributed by atoms with Crippen LogP contribution in [0.15, 0.2) is 36.8 Å². The van der Waals surface area contributed by atoms with E-state index in [-0.39, 0.29) is 5.75 Å². The average molecular weight is 276 g/mol. The second-order valence-electron chi connectivity index (χ2n) is 4.18. The highest BCUT2D eigenvalue weighted by Gasteiger charge is 2.15. The SMILES string of the molecule is CC(Oc1ccc(F)cc1F)c1ccnc2ncnn12. The monoisotopic (exact) mass is 276 g/mol. The molecule has 0 fully saturated rings. The zero-order chi connectivity index (χ0) is 14.1. The first-order valence-electron chi connectivity index (χ1n) is 5.91. The Balaban J connectivity index is 1.93. The van der Waals surface area contributed by atoms with Gasteiger partial charge in [0.05, 0.1) is 5.69 Å². The van der Waals surface area contributed by atoms with Crippen LogP contribution in [0.1, 0.15) is 18.7 Å². The van der Waals surface area contributed by atoms with Crippen LogP contribution < -0.4 is 4.74 Å². The lowest BCUT2D eigenvalue weighted by Gasteiger charge is -2.15. The molecule has 0 aliphatic carbocycles. The fraction of sp³-hybridized carbons (Fsp3) is 0.154. The van der Waals surface area contributed by atoms with Gasteiger partial charge in [0.15, 0.2) is 11.6 Å². The number of fused-ring (bicyclic) bond motifs is 1. The van der Waals surface area contributed by atoms with E-state index in [9.17, 15) is 8.78 Å². The summed E-state index contributed by atoms with van der Waals surface area (Å²) in [5, 5.41) is 4.03. The molecule has 3 rings (SSSR count). The lowest BCUT2D eigenvalue weighted by molar-refractivity contribution is 0.208. The van der Waals surface area contributed by atoms with Crippen molar-refractivity contribution in [3.63, 3.8) is 0 Å². The third kappa shape index (κ3) is 2.18. The normalized spacial score (nSPS) is 12.6. The van der Waals surface area contributed by atoms with Gasteiger partial charge >= 0.3 is 0 Å². The predicted molar refractivity (Wildman–Crippen MR) is 66.2 cm³/mol. The Morgan fingerprint density at radius 3 is 2.85 bits per heavy atom. The summed E-state index contributed by atoms with van der Waals surface area (Å²) in [4.78, 5) is 7.99. The average Bonchev–Trinajstić information content (AvgIpc) is 2.90. The number of aromatic nitrogens is 4. The molecule has 7 heteroatoms. The van der Waals surface area contributed by atoms with Crippen molar-refractivity contribution in [3.8, 4) is 5.75 Å². The molecule has 5 nitrogen and oxygen atoms in total. The number of ether oxygens (including phenoxy) is 1. The van der Waals surface area contributed by atoms with E-state index >= 15 is 0 Å². The summed E-state index contributed by atoms with van der Waals surface area (Å²) >= 11 is 0. The van der Waals surface area contributed by atoms with E-state index in [1.807, 2.05) is 0 Å². The number of nitrogens with zero attached hydrogens (tertiary/aromatic N) is 4. The first kappa shape index (κ1) is 12.5. The van der Waals surface area contributed by atoms with E-state index in [2.05, 4.69) is 15.1 Å². The summed E-state index contributed by atoms with van der Waals surface area (Å²) in [6.07, 6.45) is 2.44. The number of hydrogen-bond acceptors (Lipinski definition) is 4. The topological polar surface area (TPSA) is 52.3 Å². The maximum absolute atomic E-state index is 13.6. The Morgan fingerprint density at radius 1 is 1.20 bits per heavy atom. The minimum absolute atomic E-state index is 0.0241. The molecule has 1 unspecified atom stereocenters. The van der Waals surface area contributed by atoms with Gasteiger partial charge in [-0.3, -0.25) is 0 Å². The summed E-state index contributed by atoms with van der Waals surface area (Å²) in [6.45, 7) is 1.74. The van der Waals surface area contributed by atoms with E-state index < -0.39 is 17.7 Å². The highest BCUT2D eigenvalue weighted by Crippen LogP contribution is 2.24. The fourth-order valence-electron chi connectivity index (χ4n) is 1.89. The largest absolute Gasteiger partial charge is 0.481 e. The summed E-state index contributed by atoms with van der Waals surface area (Å²) in [5.74, 6) is -0.993. The minimum Gasteiger partial charge on any atom is -0.481 e. The molecule has 0 saturated heterocycles. The lowest BCUT2D eigenvalue weighted by atomic mass is 10.2. The molecule has 2 aromatic heterocycles. The fourth-order valence-corrected chi connectivity index (χ4v) is 1.89. The molecule has 0 aliphatic heterocycles. The van der Waals surface area contributed by atoms with Crippen molar-refractivity contribution in [1.29, 1.82) is 0 Å². The van der Waals surface area contributed by atoms with Gasteiger partial charge in [-0.15, -0.1) is 0 Å². The first-order valence-corrected chi connectivity index (χ1v) is 5.91. The van der Waals surface area contributed by atoms with E-state index in [4.69, 9.17) is 4.74 Å². The van der Waals surface area contributed by atoms with Gasteiger partial charge in [-0.05, 0) is 25.1 Å². The molecule has 3 aromatic rings. The van der Waals surface area contributed by atoms with E-state index in [0.717, 1.165) is 12.1 Å². The number of benzene rings is 1. The van der Waals surface area contributed by atoms with E-state index in [1.54, 1.807) is 19.2 Å². The molecule has 0 spiro atoms. The second kappa shape index (κ2) is 4.84. The van der Waals surface area contributed by atoms with Crippen LogP contribution in [0.4, 0.5) is 8.78 Å². The zero-order valence-electron chi connectivity index (χ0n) is 10.5. The van der Waals surface area contributed by atoms with E-state index in [1.165, 1.54) is 16.9 Å². The molecule has 102 valence electrons. The predicted octanol–water partition coefficient (Wildman–Crippen LogP) is 2.54. The maximum Gasteiger partial charge on any atom is 0.252 e. The molecular weight excluding hydrogens is 266 g/mol. The molecular formula is C13H10F2N4O. The van der Waals surface area contributed by atoms with Crippen molar-refractivity contribution < 1.29 is 13.5 Å². The molecule has 0 aliphatic rings. The molecule has 0 saturated carbocycles. The van der Waals surface area contributed by atoms with Crippen LogP contribution in [-0.2, 0) is 0 Å². The zero-order valence-corrected chi connectivity index (χ0v) is 10.5. The van der Waals surface area contributed by atoms with Crippen LogP contribution in [0.3, 0.4) is 0 Å². The molecule has 1 atom stereocenters. The smallest absolute Gasteiger partial charge is 0.252 e. The molecule has 0 amide bonds. The highest BCUT2D eigenvalue weighted by molar-refractivity contribution is 5.29. The van der Waals surface area contributed by atoms with Gasteiger partial charge in [0.25, 0.3) is 5.78 Å². The van der Waals surface area contributed by atoms with Crippen molar-refractivity contribution in [1.82, 2.24) is 19.6 Å². The van der Waals surface area contributed by atoms with Crippen molar-refractivity contribution in [2.45, 2.75) is 13.0 Å². The third-order valence-electron chi connectivity index (χ3n) is 2.82. The van der Waals surface area contributed by atoms with Crippen molar-refractivity contribution >= 4 is 5.78 Å². The van der Waals surface area contributed by atoms with Gasteiger partial charge in [-0.25, -0.2) is 13.8 Å². The molecule has 20 heavy (non-hydrogen) atoms. The molecule has 0 bridgehead atoms. The quantitative estimate of drug-likeness (QED) is 0.737. The summed E-state index contributed by atoms with van der Waals surface area (Å²) in [5.41, 5.74) is 0.663. The minimum atomic E-state index is -0.749. The standard InChI is InChI=1S/C13H10F2N4O/c1-8(20-12-3-2-9(14)6-10(12)15)11-4-5-16-13-17-7-18-19(11)13/h2-8H,1H3. The summed E-state index contributed by atoms with van der Waals surface area (Å²) in [6, 6.07) is 4.87. The van der Waals surface area contributed by atoms with Crippen molar-refractivity contribution in [3.05, 3.63) is 54.1 Å². The lowest BCUT2D eigenvalue weighted by Crippen LogP contribution is -2.10. The van der Waals surface area contributed by atoms with Crippen molar-refractivity contribution in [2.75, 3.05) is 0 Å². The van der Waals surface area contributed by atoms with Crippen LogP contribution >= 0.6 is 0 Å². The Bertz CT molecular complexity index is 759. The van der Waals surface area contributed by atoms with Gasteiger partial charge in [0.1, 0.15) is 18.2 Å². The van der Waals surface area contributed by atoms with Crippen LogP contribution in [0.25, 0.3) is 5.78 Å². The second-order valence-corrected chi connectivity index (χ2v) is 4.18. The van der Waals surface area contributed by atoms with Gasteiger partial charge < -0.3 is 4.74 Å². The highest BCUT2D eigenvalue weighted by atomic mass is 19.1. The Kier molecular flexibility index (Phi) is 3.02. The molecule has 2 heterocycles. The summed E-state index contributed by atoms with van der Waals surface area (Å²) < 4.78 is 33.4. The van der Waals surface area contributed by atoms with Gasteiger partial charge in [-0.1, -0.05) is 0 Å².